The summed E-state index contributed by atoms with van der Waals surface area (Å²) in [7, 11) is 0. The lowest BCUT2D eigenvalue weighted by molar-refractivity contribution is 0.161. The minimum absolute atomic E-state index is 0.161. The Bertz CT molecular complexity index is 198. The van der Waals surface area contributed by atoms with Gasteiger partial charge in [0, 0.05) is 0 Å². The fourth-order valence-corrected chi connectivity index (χ4v) is 0.722. The van der Waals surface area contributed by atoms with E-state index in [1.54, 1.807) is 6.92 Å². The molecule has 12 heavy (non-hydrogen) atoms. The van der Waals surface area contributed by atoms with Gasteiger partial charge in [-0.2, -0.15) is 5.48 Å². The molecule has 0 saturated carbocycles. The van der Waals surface area contributed by atoms with Crippen LogP contribution in [0.25, 0.3) is 0 Å². The number of hydrogen-bond donors (Lipinski definition) is 5. The van der Waals surface area contributed by atoms with Crippen LogP contribution in [0.4, 0.5) is 0 Å². The van der Waals surface area contributed by atoms with Crippen molar-refractivity contribution in [2.24, 2.45) is 11.5 Å². The fraction of sp³-hybridized carbons (Fsp3) is 0.333. The molecule has 0 spiro atoms. The van der Waals surface area contributed by atoms with E-state index < -0.39 is 0 Å². The third kappa shape index (κ3) is 4.84. The zero-order chi connectivity index (χ0) is 9.56. The Morgan fingerprint density at radius 2 is 2.17 bits per heavy atom. The van der Waals surface area contributed by atoms with Crippen LogP contribution in [0.5, 0.6) is 0 Å². The molecular weight excluding hydrogens is 180 g/mol. The average Bonchev–Trinajstić information content (AvgIpc) is 1.98. The van der Waals surface area contributed by atoms with Gasteiger partial charge in [-0.25, -0.2) is 0 Å². The molecule has 0 aliphatic heterocycles. The van der Waals surface area contributed by atoms with E-state index in [4.69, 9.17) is 28.3 Å². The molecule has 0 heterocycles. The lowest BCUT2D eigenvalue weighted by Crippen LogP contribution is -2.30. The first kappa shape index (κ1) is 11.1. The quantitative estimate of drug-likeness (QED) is 0.183. The Morgan fingerprint density at radius 3 is 2.58 bits per heavy atom. The van der Waals surface area contributed by atoms with Crippen LogP contribution in [-0.2, 0) is 0 Å². The third-order valence-corrected chi connectivity index (χ3v) is 1.25. The molecule has 0 amide bonds. The van der Waals surface area contributed by atoms with E-state index in [2.05, 4.69) is 5.32 Å². The molecule has 0 aliphatic carbocycles. The fourth-order valence-electron chi connectivity index (χ4n) is 0.559. The third-order valence-electron chi connectivity index (χ3n) is 1.14. The van der Waals surface area contributed by atoms with Crippen molar-refractivity contribution in [2.75, 3.05) is 6.67 Å². The summed E-state index contributed by atoms with van der Waals surface area (Å²) in [6.45, 7) is 1.91. The SMILES string of the molecule is CC(/C=C(\N)Cl)=C(/N)NCNO. The predicted octanol–water partition coefficient (Wildman–Crippen LogP) is -0.259. The van der Waals surface area contributed by atoms with Crippen LogP contribution in [0.3, 0.4) is 0 Å². The van der Waals surface area contributed by atoms with Crippen molar-refractivity contribution in [1.29, 1.82) is 0 Å². The molecule has 0 aromatic carbocycles. The van der Waals surface area contributed by atoms with E-state index in [-0.39, 0.29) is 11.8 Å². The maximum atomic E-state index is 8.22. The van der Waals surface area contributed by atoms with Crippen molar-refractivity contribution in [2.45, 2.75) is 6.92 Å². The van der Waals surface area contributed by atoms with Crippen LogP contribution in [0.15, 0.2) is 22.6 Å². The number of nitrogens with two attached hydrogens (primary N) is 2. The first-order valence-corrected chi connectivity index (χ1v) is 3.65. The minimum Gasteiger partial charge on any atom is -0.389 e. The first-order chi connectivity index (χ1) is 5.57. The van der Waals surface area contributed by atoms with Crippen LogP contribution in [0.1, 0.15) is 6.92 Å². The smallest absolute Gasteiger partial charge is 0.100 e. The van der Waals surface area contributed by atoms with Gasteiger partial charge in [0.25, 0.3) is 0 Å². The second kappa shape index (κ2) is 5.70. The van der Waals surface area contributed by atoms with Gasteiger partial charge in [0.15, 0.2) is 0 Å². The Hall–Kier alpha value is -0.910. The van der Waals surface area contributed by atoms with Gasteiger partial charge < -0.3 is 22.0 Å². The van der Waals surface area contributed by atoms with Gasteiger partial charge in [-0.3, -0.25) is 0 Å². The number of nitrogens with one attached hydrogen (secondary N) is 2. The summed E-state index contributed by atoms with van der Waals surface area (Å²) < 4.78 is 0. The molecule has 0 atom stereocenters. The Balaban J connectivity index is 4.16. The van der Waals surface area contributed by atoms with Gasteiger partial charge in [0.2, 0.25) is 0 Å². The standard InChI is InChI=1S/C6H13ClN4O/c1-4(2-5(7)8)6(9)10-3-11-12/h2,10-12H,3,8-9H2,1H3/b5-2-,6-4+. The van der Waals surface area contributed by atoms with Crippen LogP contribution >= 0.6 is 11.6 Å². The second-order valence-corrected chi connectivity index (χ2v) is 2.57. The maximum absolute atomic E-state index is 8.22. The molecule has 0 radical (unpaired) electrons. The lowest BCUT2D eigenvalue weighted by Gasteiger charge is -2.06. The van der Waals surface area contributed by atoms with Crippen molar-refractivity contribution in [3.05, 3.63) is 22.6 Å². The molecule has 7 N–H and O–H groups in total. The molecule has 0 rings (SSSR count). The van der Waals surface area contributed by atoms with Crippen molar-refractivity contribution < 1.29 is 5.21 Å². The minimum atomic E-state index is 0.161. The molecule has 6 heteroatoms. The van der Waals surface area contributed by atoms with Crippen molar-refractivity contribution in [3.63, 3.8) is 0 Å². The molecule has 0 unspecified atom stereocenters. The van der Waals surface area contributed by atoms with E-state index in [9.17, 15) is 0 Å². The molecule has 0 fully saturated rings. The molecule has 0 saturated heterocycles. The highest BCUT2D eigenvalue weighted by Gasteiger charge is 1.93. The van der Waals surface area contributed by atoms with Gasteiger partial charge in [0.1, 0.15) is 5.82 Å². The van der Waals surface area contributed by atoms with Crippen molar-refractivity contribution >= 4 is 11.6 Å². The summed E-state index contributed by atoms with van der Waals surface area (Å²) in [5, 5.41) is 11.1. The highest BCUT2D eigenvalue weighted by atomic mass is 35.5. The highest BCUT2D eigenvalue weighted by Crippen LogP contribution is 2.01. The zero-order valence-corrected chi connectivity index (χ0v) is 7.52. The van der Waals surface area contributed by atoms with E-state index in [1.807, 2.05) is 5.48 Å². The van der Waals surface area contributed by atoms with E-state index in [1.165, 1.54) is 6.08 Å². The topological polar surface area (TPSA) is 96.3 Å². The largest absolute Gasteiger partial charge is 0.389 e. The number of hydroxylamine groups is 1. The summed E-state index contributed by atoms with van der Waals surface area (Å²) in [5.41, 5.74) is 13.3. The van der Waals surface area contributed by atoms with E-state index in [0.717, 1.165) is 0 Å². The van der Waals surface area contributed by atoms with Crippen LogP contribution in [0.2, 0.25) is 0 Å². The lowest BCUT2D eigenvalue weighted by atomic mass is 10.3. The number of allylic oxidation sites excluding steroid dienone is 2. The van der Waals surface area contributed by atoms with Gasteiger partial charge in [0.05, 0.1) is 11.8 Å². The van der Waals surface area contributed by atoms with E-state index >= 15 is 0 Å². The first-order valence-electron chi connectivity index (χ1n) is 3.27. The highest BCUT2D eigenvalue weighted by molar-refractivity contribution is 6.29. The summed E-state index contributed by atoms with van der Waals surface area (Å²) in [5.74, 6) is 0.403. The molecule has 5 nitrogen and oxygen atoms in total. The van der Waals surface area contributed by atoms with Gasteiger partial charge in [-0.15, -0.1) is 0 Å². The number of hydrogen-bond acceptors (Lipinski definition) is 5. The Labute approximate surface area is 76.0 Å². The predicted molar refractivity (Wildman–Crippen MR) is 47.9 cm³/mol. The molecule has 70 valence electrons. The van der Waals surface area contributed by atoms with Crippen molar-refractivity contribution in [3.8, 4) is 0 Å². The van der Waals surface area contributed by atoms with Crippen LogP contribution < -0.4 is 22.3 Å². The zero-order valence-electron chi connectivity index (χ0n) is 6.76. The summed E-state index contributed by atoms with van der Waals surface area (Å²) in [4.78, 5) is 0. The average molecular weight is 193 g/mol. The van der Waals surface area contributed by atoms with Gasteiger partial charge in [-0.1, -0.05) is 11.6 Å². The second-order valence-electron chi connectivity index (χ2n) is 2.14. The Morgan fingerprint density at radius 1 is 1.58 bits per heavy atom. The van der Waals surface area contributed by atoms with Crippen molar-refractivity contribution in [1.82, 2.24) is 10.8 Å². The normalized spacial score (nSPS) is 14.1. The van der Waals surface area contributed by atoms with Gasteiger partial charge >= 0.3 is 0 Å². The van der Waals surface area contributed by atoms with Gasteiger partial charge in [-0.05, 0) is 18.6 Å². The summed E-state index contributed by atoms with van der Waals surface area (Å²) in [6.07, 6.45) is 1.52. The molecule has 0 bridgehead atoms. The molecular formula is C6H13ClN4O. The van der Waals surface area contributed by atoms with Crippen LogP contribution in [0, 0.1) is 0 Å². The summed E-state index contributed by atoms with van der Waals surface area (Å²) in [6, 6.07) is 0. The van der Waals surface area contributed by atoms with E-state index in [0.29, 0.717) is 11.4 Å². The van der Waals surface area contributed by atoms with Crippen LogP contribution in [-0.4, -0.2) is 11.9 Å². The monoisotopic (exact) mass is 192 g/mol. The molecule has 0 aromatic rings. The maximum Gasteiger partial charge on any atom is 0.100 e. The summed E-state index contributed by atoms with van der Waals surface area (Å²) >= 11 is 5.41. The molecule has 0 aliphatic rings. The Kier molecular flexibility index (Phi) is 5.27. The number of halogens is 1. The molecule has 0 aromatic heterocycles. The number of rotatable bonds is 4.